The highest BCUT2D eigenvalue weighted by atomic mass is 16.1. The molecule has 1 atom stereocenters. The third-order valence-electron chi connectivity index (χ3n) is 3.64. The first kappa shape index (κ1) is 19.0. The number of hydrogen-bond donors (Lipinski definition) is 3. The number of carbonyl (C=O) groups excluding carboxylic acids is 1. The number of carbonyl (C=O) groups is 1. The number of nitrogens with one attached hydrogen (secondary N) is 2. The largest absolute Gasteiger partial charge is 0.370 e. The molecule has 0 aliphatic heterocycles. The van der Waals surface area contributed by atoms with Crippen molar-refractivity contribution < 1.29 is 4.79 Å². The molecule has 128 valence electrons. The van der Waals surface area contributed by atoms with E-state index in [-0.39, 0.29) is 11.9 Å². The maximum absolute atomic E-state index is 12.1. The Kier molecular flexibility index (Phi) is 8.16. The van der Waals surface area contributed by atoms with Gasteiger partial charge in [0, 0.05) is 18.2 Å². The molecule has 1 rings (SSSR count). The Labute approximate surface area is 139 Å². The zero-order chi connectivity index (χ0) is 17.2. The van der Waals surface area contributed by atoms with Crippen molar-refractivity contribution in [3.05, 3.63) is 35.4 Å². The fourth-order valence-corrected chi connectivity index (χ4v) is 1.94. The van der Waals surface area contributed by atoms with Gasteiger partial charge in [-0.15, -0.1) is 0 Å². The topological polar surface area (TPSA) is 79.5 Å². The fraction of sp³-hybridized carbons (Fsp3) is 0.556. The lowest BCUT2D eigenvalue weighted by atomic mass is 10.1. The number of nitrogens with zero attached hydrogens (tertiary/aromatic N) is 1. The molecule has 0 spiro atoms. The quantitative estimate of drug-likeness (QED) is 0.509. The third kappa shape index (κ3) is 7.68. The first-order valence-corrected chi connectivity index (χ1v) is 8.36. The Hall–Kier alpha value is -2.04. The molecule has 0 fully saturated rings. The molecule has 0 aliphatic rings. The van der Waals surface area contributed by atoms with Gasteiger partial charge in [0.2, 0.25) is 0 Å². The van der Waals surface area contributed by atoms with E-state index in [2.05, 4.69) is 29.5 Å². The Bertz CT molecular complexity index is 526. The normalized spacial score (nSPS) is 13.0. The second-order valence-corrected chi connectivity index (χ2v) is 6.29. The molecule has 0 saturated heterocycles. The summed E-state index contributed by atoms with van der Waals surface area (Å²) in [5.41, 5.74) is 7.47. The molecular weight excluding hydrogens is 288 g/mol. The van der Waals surface area contributed by atoms with Gasteiger partial charge in [0.05, 0.1) is 6.54 Å². The lowest BCUT2D eigenvalue weighted by Gasteiger charge is -2.12. The molecular formula is C18H30N4O. The van der Waals surface area contributed by atoms with Crippen molar-refractivity contribution in [3.63, 3.8) is 0 Å². The third-order valence-corrected chi connectivity index (χ3v) is 3.64. The van der Waals surface area contributed by atoms with Gasteiger partial charge in [0.15, 0.2) is 5.96 Å². The molecule has 0 heterocycles. The number of guanidine groups is 1. The minimum absolute atomic E-state index is 0.0480. The van der Waals surface area contributed by atoms with E-state index in [1.165, 1.54) is 0 Å². The lowest BCUT2D eigenvalue weighted by Crippen LogP contribution is -2.33. The molecule has 0 aliphatic carbocycles. The van der Waals surface area contributed by atoms with E-state index >= 15 is 0 Å². The second-order valence-electron chi connectivity index (χ2n) is 6.29. The van der Waals surface area contributed by atoms with E-state index < -0.39 is 0 Å². The highest BCUT2D eigenvalue weighted by molar-refractivity contribution is 5.94. The number of rotatable bonds is 8. The molecule has 5 nitrogen and oxygen atoms in total. The van der Waals surface area contributed by atoms with Gasteiger partial charge in [-0.1, -0.05) is 32.9 Å². The number of amides is 1. The summed E-state index contributed by atoms with van der Waals surface area (Å²) in [4.78, 5) is 16.4. The molecule has 5 heteroatoms. The smallest absolute Gasteiger partial charge is 0.251 e. The van der Waals surface area contributed by atoms with E-state index in [0.717, 1.165) is 24.9 Å². The molecule has 0 bridgehead atoms. The van der Waals surface area contributed by atoms with Crippen molar-refractivity contribution in [2.24, 2.45) is 16.6 Å². The number of benzene rings is 1. The highest BCUT2D eigenvalue weighted by Crippen LogP contribution is 2.07. The Morgan fingerprint density at radius 2 is 2.04 bits per heavy atom. The zero-order valence-corrected chi connectivity index (χ0v) is 14.7. The SMILES string of the molecule is CCC(C)NC(=O)c1cccc(CN=C(N)NCCC(C)C)c1. The van der Waals surface area contributed by atoms with Crippen LogP contribution < -0.4 is 16.4 Å². The van der Waals surface area contributed by atoms with E-state index in [4.69, 9.17) is 5.73 Å². The van der Waals surface area contributed by atoms with E-state index in [1.807, 2.05) is 38.1 Å². The minimum atomic E-state index is -0.0480. The van der Waals surface area contributed by atoms with Crippen LogP contribution in [0.5, 0.6) is 0 Å². The summed E-state index contributed by atoms with van der Waals surface area (Å²) in [6, 6.07) is 7.67. The molecule has 1 aromatic rings. The number of nitrogens with two attached hydrogens (primary N) is 1. The Morgan fingerprint density at radius 1 is 1.30 bits per heavy atom. The van der Waals surface area contributed by atoms with Gasteiger partial charge < -0.3 is 16.4 Å². The summed E-state index contributed by atoms with van der Waals surface area (Å²) in [6.45, 7) is 9.67. The first-order valence-electron chi connectivity index (χ1n) is 8.36. The standard InChI is InChI=1S/C18H30N4O/c1-5-14(4)22-17(23)16-8-6-7-15(11-16)12-21-18(19)20-10-9-13(2)3/h6-8,11,13-14H,5,9-10,12H2,1-4H3,(H,22,23)(H3,19,20,21). The van der Waals surface area contributed by atoms with Gasteiger partial charge in [-0.3, -0.25) is 4.79 Å². The highest BCUT2D eigenvalue weighted by Gasteiger charge is 2.08. The van der Waals surface area contributed by atoms with Crippen LogP contribution in [0.15, 0.2) is 29.3 Å². The van der Waals surface area contributed by atoms with Crippen molar-refractivity contribution in [2.45, 2.75) is 53.1 Å². The molecule has 0 aromatic heterocycles. The van der Waals surface area contributed by atoms with Crippen LogP contribution in [-0.2, 0) is 6.54 Å². The number of aliphatic imine (C=N–C) groups is 1. The van der Waals surface area contributed by atoms with E-state index in [0.29, 0.717) is 24.0 Å². The van der Waals surface area contributed by atoms with Gasteiger partial charge in [-0.05, 0) is 43.4 Å². The summed E-state index contributed by atoms with van der Waals surface area (Å²) >= 11 is 0. The van der Waals surface area contributed by atoms with Crippen LogP contribution in [-0.4, -0.2) is 24.5 Å². The van der Waals surface area contributed by atoms with Gasteiger partial charge in [0.25, 0.3) is 5.91 Å². The van der Waals surface area contributed by atoms with Crippen molar-refractivity contribution in [1.82, 2.24) is 10.6 Å². The first-order chi connectivity index (χ1) is 10.9. The molecule has 0 saturated carbocycles. The molecule has 1 amide bonds. The fourth-order valence-electron chi connectivity index (χ4n) is 1.94. The summed E-state index contributed by atoms with van der Waals surface area (Å²) < 4.78 is 0. The summed E-state index contributed by atoms with van der Waals surface area (Å²) in [7, 11) is 0. The average Bonchev–Trinajstić information content (AvgIpc) is 2.52. The van der Waals surface area contributed by atoms with E-state index in [1.54, 1.807) is 0 Å². The maximum Gasteiger partial charge on any atom is 0.251 e. The maximum atomic E-state index is 12.1. The van der Waals surface area contributed by atoms with Crippen LogP contribution in [0.4, 0.5) is 0 Å². The van der Waals surface area contributed by atoms with Gasteiger partial charge in [-0.25, -0.2) is 4.99 Å². The van der Waals surface area contributed by atoms with Crippen molar-refractivity contribution in [3.8, 4) is 0 Å². The van der Waals surface area contributed by atoms with Crippen LogP contribution in [0.3, 0.4) is 0 Å². The summed E-state index contributed by atoms with van der Waals surface area (Å²) in [5, 5.41) is 6.07. The monoisotopic (exact) mass is 318 g/mol. The molecule has 4 N–H and O–H groups in total. The van der Waals surface area contributed by atoms with Crippen molar-refractivity contribution in [2.75, 3.05) is 6.54 Å². The minimum Gasteiger partial charge on any atom is -0.370 e. The molecule has 1 aromatic carbocycles. The second kappa shape index (κ2) is 9.87. The van der Waals surface area contributed by atoms with Crippen LogP contribution in [0, 0.1) is 5.92 Å². The van der Waals surface area contributed by atoms with Gasteiger partial charge in [0.1, 0.15) is 0 Å². The Balaban J connectivity index is 2.58. The van der Waals surface area contributed by atoms with Crippen molar-refractivity contribution >= 4 is 11.9 Å². The van der Waals surface area contributed by atoms with E-state index in [9.17, 15) is 4.79 Å². The van der Waals surface area contributed by atoms with Crippen LogP contribution in [0.2, 0.25) is 0 Å². The Morgan fingerprint density at radius 3 is 2.70 bits per heavy atom. The predicted octanol–water partition coefficient (Wildman–Crippen LogP) is 2.67. The predicted molar refractivity (Wildman–Crippen MR) is 96.4 cm³/mol. The zero-order valence-electron chi connectivity index (χ0n) is 14.7. The summed E-state index contributed by atoms with van der Waals surface area (Å²) in [5.74, 6) is 1.03. The van der Waals surface area contributed by atoms with Crippen molar-refractivity contribution in [1.29, 1.82) is 0 Å². The van der Waals surface area contributed by atoms with Crippen LogP contribution in [0.1, 0.15) is 56.5 Å². The van der Waals surface area contributed by atoms with Gasteiger partial charge in [-0.2, -0.15) is 0 Å². The number of hydrogen-bond acceptors (Lipinski definition) is 2. The van der Waals surface area contributed by atoms with Crippen LogP contribution in [0.25, 0.3) is 0 Å². The molecule has 1 unspecified atom stereocenters. The van der Waals surface area contributed by atoms with Gasteiger partial charge >= 0.3 is 0 Å². The average molecular weight is 318 g/mol. The lowest BCUT2D eigenvalue weighted by molar-refractivity contribution is 0.0939. The summed E-state index contributed by atoms with van der Waals surface area (Å²) in [6.07, 6.45) is 1.97. The molecule has 23 heavy (non-hydrogen) atoms. The molecule has 0 radical (unpaired) electrons. The van der Waals surface area contributed by atoms with Crippen LogP contribution >= 0.6 is 0 Å².